The second-order valence-corrected chi connectivity index (χ2v) is 7.36. The van der Waals surface area contributed by atoms with Gasteiger partial charge in [0, 0.05) is 12.6 Å². The molecule has 154 valence electrons. The first-order valence-electron chi connectivity index (χ1n) is 9.65. The molecule has 4 rings (SSSR count). The summed E-state index contributed by atoms with van der Waals surface area (Å²) in [6, 6.07) is 7.83. The molecule has 0 saturated carbocycles. The Hall–Kier alpha value is -3.19. The molecule has 1 aromatic carbocycles. The largest absolute Gasteiger partial charge is 0.492 e. The van der Waals surface area contributed by atoms with E-state index in [9.17, 15) is 9.18 Å². The topological polar surface area (TPSA) is 90.1 Å². The molecule has 6 nitrogen and oxygen atoms in total. The van der Waals surface area contributed by atoms with Gasteiger partial charge in [-0.1, -0.05) is 31.0 Å². The number of pyridine rings is 2. The number of nitrogens with zero attached hydrogens (tertiary/aromatic N) is 2. The molecule has 0 unspecified atom stereocenters. The number of carbonyl (C=O) groups is 1. The number of carbonyl (C=O) groups excluding carboxylic acids is 1. The molecule has 3 N–H and O–H groups in total. The van der Waals surface area contributed by atoms with Crippen LogP contribution < -0.4 is 15.8 Å². The average molecular weight is 427 g/mol. The number of primary amides is 1. The second-order valence-electron chi connectivity index (χ2n) is 6.96. The van der Waals surface area contributed by atoms with E-state index in [1.807, 2.05) is 6.07 Å². The van der Waals surface area contributed by atoms with Gasteiger partial charge in [0.2, 0.25) is 0 Å². The van der Waals surface area contributed by atoms with Crippen LogP contribution in [-0.4, -0.2) is 22.5 Å². The Morgan fingerprint density at radius 3 is 2.97 bits per heavy atom. The summed E-state index contributed by atoms with van der Waals surface area (Å²) in [7, 11) is 0. The number of rotatable bonds is 3. The molecule has 3 heterocycles. The van der Waals surface area contributed by atoms with E-state index >= 15 is 0 Å². The van der Waals surface area contributed by atoms with Crippen molar-refractivity contribution in [2.24, 2.45) is 5.73 Å². The number of amides is 1. The van der Waals surface area contributed by atoms with Gasteiger partial charge in [-0.15, -0.1) is 0 Å². The first-order valence-corrected chi connectivity index (χ1v) is 10.0. The zero-order valence-electron chi connectivity index (χ0n) is 16.3. The highest BCUT2D eigenvalue weighted by molar-refractivity contribution is 6.33. The van der Waals surface area contributed by atoms with E-state index in [1.165, 1.54) is 12.1 Å². The van der Waals surface area contributed by atoms with Gasteiger partial charge in [-0.3, -0.25) is 9.78 Å². The van der Waals surface area contributed by atoms with Crippen LogP contribution in [0.1, 0.15) is 35.0 Å². The van der Waals surface area contributed by atoms with E-state index in [-0.39, 0.29) is 27.7 Å². The lowest BCUT2D eigenvalue weighted by Crippen LogP contribution is -2.16. The normalized spacial score (nSPS) is 12.6. The third-order valence-electron chi connectivity index (χ3n) is 4.93. The number of aryl methyl sites for hydroxylation is 1. The fraction of sp³-hybridized carbons (Fsp3) is 0.227. The number of nitrogens with two attached hydrogens (primary N) is 1. The van der Waals surface area contributed by atoms with Gasteiger partial charge in [-0.25, -0.2) is 9.37 Å². The van der Waals surface area contributed by atoms with Gasteiger partial charge in [-0.05, 0) is 36.2 Å². The number of hydrogen-bond acceptors (Lipinski definition) is 5. The number of benzene rings is 1. The smallest absolute Gasteiger partial charge is 0.252 e. The summed E-state index contributed by atoms with van der Waals surface area (Å²) >= 11 is 6.39. The van der Waals surface area contributed by atoms with Gasteiger partial charge in [0.15, 0.2) is 0 Å². The summed E-state index contributed by atoms with van der Waals surface area (Å²) in [5, 5.41) is 3.33. The molecule has 3 aromatic rings. The molecular formula is C22H20ClFN4O2. The maximum Gasteiger partial charge on any atom is 0.252 e. The van der Waals surface area contributed by atoms with Gasteiger partial charge in [-0.2, -0.15) is 0 Å². The van der Waals surface area contributed by atoms with Crippen LogP contribution in [0, 0.1) is 5.82 Å². The minimum atomic E-state index is -0.694. The number of halogens is 2. The van der Waals surface area contributed by atoms with E-state index < -0.39 is 11.7 Å². The van der Waals surface area contributed by atoms with Gasteiger partial charge in [0.05, 0.1) is 39.8 Å². The maximum absolute atomic E-state index is 14.8. The molecule has 0 fully saturated rings. The Morgan fingerprint density at radius 2 is 2.20 bits per heavy atom. The second kappa shape index (κ2) is 8.28. The fourth-order valence-electron chi connectivity index (χ4n) is 3.53. The molecule has 1 aliphatic heterocycles. The van der Waals surface area contributed by atoms with Crippen molar-refractivity contribution in [3.8, 4) is 17.0 Å². The molecule has 0 saturated heterocycles. The van der Waals surface area contributed by atoms with Crippen molar-refractivity contribution in [3.05, 3.63) is 64.2 Å². The Morgan fingerprint density at radius 1 is 1.37 bits per heavy atom. The van der Waals surface area contributed by atoms with Crippen LogP contribution in [0.2, 0.25) is 5.02 Å². The Bertz CT molecular complexity index is 1140. The first-order chi connectivity index (χ1) is 14.5. The van der Waals surface area contributed by atoms with Gasteiger partial charge < -0.3 is 15.8 Å². The summed E-state index contributed by atoms with van der Waals surface area (Å²) < 4.78 is 20.7. The molecule has 2 bridgehead atoms. The predicted molar refractivity (Wildman–Crippen MR) is 114 cm³/mol. The van der Waals surface area contributed by atoms with Crippen molar-refractivity contribution < 1.29 is 13.9 Å². The predicted octanol–water partition coefficient (Wildman–Crippen LogP) is 4.67. The summed E-state index contributed by atoms with van der Waals surface area (Å²) in [5.41, 5.74) is 8.52. The molecule has 0 aliphatic carbocycles. The van der Waals surface area contributed by atoms with Crippen LogP contribution in [0.5, 0.6) is 5.75 Å². The van der Waals surface area contributed by atoms with Crippen molar-refractivity contribution >= 4 is 29.0 Å². The average Bonchev–Trinajstić information content (AvgIpc) is 2.73. The van der Waals surface area contributed by atoms with Crippen molar-refractivity contribution in [3.63, 3.8) is 0 Å². The molecule has 0 atom stereocenters. The van der Waals surface area contributed by atoms with Gasteiger partial charge in [0.1, 0.15) is 17.4 Å². The molecular weight excluding hydrogens is 407 g/mol. The summed E-state index contributed by atoms with van der Waals surface area (Å²) in [6.45, 7) is 2.37. The third kappa shape index (κ3) is 3.68. The van der Waals surface area contributed by atoms with E-state index in [1.54, 1.807) is 18.3 Å². The van der Waals surface area contributed by atoms with Crippen molar-refractivity contribution in [2.45, 2.75) is 26.2 Å². The van der Waals surface area contributed by atoms with Crippen LogP contribution in [0.4, 0.5) is 15.9 Å². The number of ether oxygens (including phenoxy) is 1. The van der Waals surface area contributed by atoms with E-state index in [0.717, 1.165) is 29.8 Å². The van der Waals surface area contributed by atoms with Gasteiger partial charge >= 0.3 is 0 Å². The Labute approximate surface area is 178 Å². The molecule has 2 aromatic heterocycles. The zero-order chi connectivity index (χ0) is 21.3. The zero-order valence-corrected chi connectivity index (χ0v) is 17.1. The number of fused-ring (bicyclic) bond motifs is 5. The molecule has 1 aliphatic rings. The number of nitrogens with one attached hydrogen (secondary N) is 1. The number of aromatic nitrogens is 2. The van der Waals surface area contributed by atoms with Crippen LogP contribution in [-0.2, 0) is 12.8 Å². The lowest BCUT2D eigenvalue weighted by molar-refractivity contribution is 0.100. The lowest BCUT2D eigenvalue weighted by atomic mass is 10.1. The standard InChI is InChI=1S/C22H20ClFN4O2/c1-2-4-16-19-12(7-9-26-16)8-10-30-17-6-3-5-15(24)18(17)20-14(23)11-13(21(25)29)22(27-19)28-20/h3,5-7,9,11H,2,4,8,10H2,1H3,(H2,25,29)(H,27,28). The third-order valence-corrected chi connectivity index (χ3v) is 5.22. The summed E-state index contributed by atoms with van der Waals surface area (Å²) in [6.07, 6.45) is 3.92. The van der Waals surface area contributed by atoms with E-state index in [0.29, 0.717) is 18.8 Å². The summed E-state index contributed by atoms with van der Waals surface area (Å²) in [5.74, 6) is -0.691. The van der Waals surface area contributed by atoms with Crippen LogP contribution in [0.15, 0.2) is 36.5 Å². The van der Waals surface area contributed by atoms with Crippen molar-refractivity contribution in [2.75, 3.05) is 11.9 Å². The van der Waals surface area contributed by atoms with E-state index in [4.69, 9.17) is 22.1 Å². The SMILES string of the molecule is CCCc1nccc2c1Nc1nc(c(Cl)cc1C(N)=O)-c1c(F)cccc1OCC2. The molecule has 0 radical (unpaired) electrons. The quantitative estimate of drug-likeness (QED) is 0.635. The van der Waals surface area contributed by atoms with E-state index in [2.05, 4.69) is 22.2 Å². The minimum Gasteiger partial charge on any atom is -0.492 e. The Kier molecular flexibility index (Phi) is 5.55. The lowest BCUT2D eigenvalue weighted by Gasteiger charge is -2.17. The number of hydrogen-bond donors (Lipinski definition) is 2. The van der Waals surface area contributed by atoms with Crippen molar-refractivity contribution in [1.29, 1.82) is 0 Å². The highest BCUT2D eigenvalue weighted by Crippen LogP contribution is 2.39. The molecule has 8 heteroatoms. The van der Waals surface area contributed by atoms with Gasteiger partial charge in [0.25, 0.3) is 5.91 Å². The summed E-state index contributed by atoms with van der Waals surface area (Å²) in [4.78, 5) is 21.1. The monoisotopic (exact) mass is 426 g/mol. The highest BCUT2D eigenvalue weighted by atomic mass is 35.5. The Balaban J connectivity index is 1.99. The van der Waals surface area contributed by atoms with Crippen molar-refractivity contribution in [1.82, 2.24) is 9.97 Å². The molecule has 0 spiro atoms. The number of anilines is 2. The van der Waals surface area contributed by atoms with Crippen LogP contribution in [0.25, 0.3) is 11.3 Å². The van der Waals surface area contributed by atoms with Crippen LogP contribution >= 0.6 is 11.6 Å². The van der Waals surface area contributed by atoms with Crippen LogP contribution in [0.3, 0.4) is 0 Å². The highest BCUT2D eigenvalue weighted by Gasteiger charge is 2.23. The molecule has 30 heavy (non-hydrogen) atoms. The first kappa shape index (κ1) is 20.1. The maximum atomic E-state index is 14.8. The minimum absolute atomic E-state index is 0.101. The fourth-order valence-corrected chi connectivity index (χ4v) is 3.77. The molecule has 1 amide bonds.